The quantitative estimate of drug-likeness (QED) is 0.376. The maximum atomic E-state index is 8.43. The fraction of sp³-hybridized carbons (Fsp3) is 0.167. The molecule has 0 aliphatic carbocycles. The predicted molar refractivity (Wildman–Crippen MR) is 41.9 cm³/mol. The molecule has 0 N–H and O–H groups in total. The maximum Gasteiger partial charge on any atom is 0.1000 e. The van der Waals surface area contributed by atoms with Gasteiger partial charge in [0.05, 0.1) is 18.2 Å². The van der Waals surface area contributed by atoms with E-state index in [1.165, 1.54) is 11.3 Å². The molecule has 1 aromatic heterocycles. The average Bonchev–Trinajstić information content (AvgIpc) is 2.48. The molecule has 0 bridgehead atoms. The van der Waals surface area contributed by atoms with Crippen LogP contribution in [-0.4, -0.2) is 0 Å². The van der Waals surface area contributed by atoms with Gasteiger partial charge in [0.1, 0.15) is 0 Å². The van der Waals surface area contributed by atoms with Gasteiger partial charge in [-0.1, -0.05) is 5.11 Å². The molecule has 0 aromatic carbocycles. The van der Waals surface area contributed by atoms with Crippen molar-refractivity contribution in [3.63, 3.8) is 0 Å². The van der Waals surface area contributed by atoms with E-state index in [9.17, 15) is 0 Å². The molecule has 4 nitrogen and oxygen atoms in total. The molecule has 0 aliphatic heterocycles. The zero-order valence-electron chi connectivity index (χ0n) is 5.56. The number of nitriles is 1. The van der Waals surface area contributed by atoms with Crippen LogP contribution in [0.15, 0.2) is 16.6 Å². The van der Waals surface area contributed by atoms with Gasteiger partial charge in [-0.25, -0.2) is 0 Å². The van der Waals surface area contributed by atoms with Crippen LogP contribution in [0.2, 0.25) is 0 Å². The zero-order chi connectivity index (χ0) is 8.10. The van der Waals surface area contributed by atoms with Gasteiger partial charge >= 0.3 is 0 Å². The van der Waals surface area contributed by atoms with Crippen molar-refractivity contribution in [1.82, 2.24) is 0 Å². The van der Waals surface area contributed by atoms with Gasteiger partial charge in [0, 0.05) is 15.2 Å². The summed E-state index contributed by atoms with van der Waals surface area (Å²) in [6.07, 6.45) is 0. The highest BCUT2D eigenvalue weighted by Crippen LogP contribution is 2.14. The molecule has 11 heavy (non-hydrogen) atoms. The first-order valence-corrected chi connectivity index (χ1v) is 3.73. The third-order valence-electron chi connectivity index (χ3n) is 1.07. The minimum absolute atomic E-state index is 0.336. The summed E-state index contributed by atoms with van der Waals surface area (Å²) in [6.45, 7) is 0.336. The van der Waals surface area contributed by atoms with E-state index in [0.29, 0.717) is 12.1 Å². The van der Waals surface area contributed by atoms with Gasteiger partial charge in [-0.2, -0.15) is 5.26 Å². The monoisotopic (exact) mass is 164 g/mol. The summed E-state index contributed by atoms with van der Waals surface area (Å²) in [5, 5.41) is 13.5. The van der Waals surface area contributed by atoms with Gasteiger partial charge in [-0.15, -0.1) is 11.3 Å². The molecule has 0 saturated carbocycles. The van der Waals surface area contributed by atoms with E-state index >= 15 is 0 Å². The Kier molecular flexibility index (Phi) is 2.50. The number of azide groups is 1. The van der Waals surface area contributed by atoms with Crippen LogP contribution in [0.3, 0.4) is 0 Å². The van der Waals surface area contributed by atoms with E-state index < -0.39 is 0 Å². The Bertz CT molecular complexity index is 329. The third-order valence-corrected chi connectivity index (χ3v) is 1.99. The van der Waals surface area contributed by atoms with E-state index in [1.807, 2.05) is 6.07 Å². The summed E-state index contributed by atoms with van der Waals surface area (Å²) in [4.78, 5) is 3.53. The van der Waals surface area contributed by atoms with Crippen molar-refractivity contribution >= 4 is 11.3 Å². The standard InChI is InChI=1S/C6H4N4S/c7-2-5-1-6(11-4-5)3-9-10-8/h1,4H,3H2. The SMILES string of the molecule is N#Cc1csc(CN=[N+]=[N-])c1. The number of hydrogen-bond donors (Lipinski definition) is 0. The van der Waals surface area contributed by atoms with Crippen LogP contribution in [0.25, 0.3) is 10.4 Å². The molecule has 0 unspecified atom stereocenters. The van der Waals surface area contributed by atoms with E-state index in [4.69, 9.17) is 10.8 Å². The minimum Gasteiger partial charge on any atom is -0.192 e. The lowest BCUT2D eigenvalue weighted by Gasteiger charge is -1.80. The van der Waals surface area contributed by atoms with Crippen molar-refractivity contribution in [2.24, 2.45) is 5.11 Å². The smallest absolute Gasteiger partial charge is 0.1000 e. The molecule has 1 heterocycles. The van der Waals surface area contributed by atoms with Crippen molar-refractivity contribution in [2.75, 3.05) is 0 Å². The summed E-state index contributed by atoms with van der Waals surface area (Å²) < 4.78 is 0. The highest BCUT2D eigenvalue weighted by atomic mass is 32.1. The Morgan fingerprint density at radius 2 is 2.64 bits per heavy atom. The lowest BCUT2D eigenvalue weighted by molar-refractivity contribution is 1.08. The summed E-state index contributed by atoms with van der Waals surface area (Å²) in [7, 11) is 0. The van der Waals surface area contributed by atoms with Crippen LogP contribution in [0.4, 0.5) is 0 Å². The van der Waals surface area contributed by atoms with Crippen LogP contribution in [-0.2, 0) is 6.54 Å². The van der Waals surface area contributed by atoms with Gasteiger partial charge in [0.2, 0.25) is 0 Å². The van der Waals surface area contributed by atoms with Crippen LogP contribution >= 0.6 is 11.3 Å². The molecule has 0 fully saturated rings. The molecule has 5 heteroatoms. The number of rotatable bonds is 2. The second-order valence-corrected chi connectivity index (χ2v) is 2.80. The average molecular weight is 164 g/mol. The Morgan fingerprint density at radius 3 is 3.18 bits per heavy atom. The minimum atomic E-state index is 0.336. The molecule has 0 amide bonds. The first-order valence-electron chi connectivity index (χ1n) is 2.85. The van der Waals surface area contributed by atoms with Crippen LogP contribution in [0, 0.1) is 11.3 Å². The zero-order valence-corrected chi connectivity index (χ0v) is 6.38. The lowest BCUT2D eigenvalue weighted by atomic mass is 10.3. The number of hydrogen-bond acceptors (Lipinski definition) is 3. The molecule has 1 aromatic rings. The molecule has 0 spiro atoms. The second kappa shape index (κ2) is 3.62. The highest BCUT2D eigenvalue weighted by molar-refractivity contribution is 7.10. The fourth-order valence-electron chi connectivity index (χ4n) is 0.624. The molecular formula is C6H4N4S. The van der Waals surface area contributed by atoms with E-state index in [1.54, 1.807) is 11.4 Å². The molecule has 0 saturated heterocycles. The van der Waals surface area contributed by atoms with Crippen molar-refractivity contribution in [3.8, 4) is 6.07 Å². The van der Waals surface area contributed by atoms with Crippen LogP contribution in [0.5, 0.6) is 0 Å². The molecule has 0 radical (unpaired) electrons. The largest absolute Gasteiger partial charge is 0.192 e. The Balaban J connectivity index is 2.74. The normalized spacial score (nSPS) is 8.27. The van der Waals surface area contributed by atoms with E-state index in [-0.39, 0.29) is 0 Å². The summed E-state index contributed by atoms with van der Waals surface area (Å²) in [5.74, 6) is 0. The fourth-order valence-corrected chi connectivity index (χ4v) is 1.35. The van der Waals surface area contributed by atoms with Gasteiger partial charge in [-0.3, -0.25) is 0 Å². The van der Waals surface area contributed by atoms with Crippen molar-refractivity contribution in [3.05, 3.63) is 32.3 Å². The van der Waals surface area contributed by atoms with Crippen molar-refractivity contribution in [1.29, 1.82) is 5.26 Å². The first-order chi connectivity index (χ1) is 5.36. The molecule has 54 valence electrons. The summed E-state index contributed by atoms with van der Waals surface area (Å²) in [6, 6.07) is 3.72. The summed E-state index contributed by atoms with van der Waals surface area (Å²) >= 11 is 1.43. The third kappa shape index (κ3) is 1.97. The van der Waals surface area contributed by atoms with Gasteiger partial charge < -0.3 is 0 Å². The van der Waals surface area contributed by atoms with Crippen LogP contribution < -0.4 is 0 Å². The number of thiophene rings is 1. The lowest BCUT2D eigenvalue weighted by Crippen LogP contribution is -1.69. The number of nitrogens with zero attached hydrogens (tertiary/aromatic N) is 4. The van der Waals surface area contributed by atoms with E-state index in [2.05, 4.69) is 10.0 Å². The predicted octanol–water partition coefficient (Wildman–Crippen LogP) is 2.43. The maximum absolute atomic E-state index is 8.43. The van der Waals surface area contributed by atoms with Gasteiger partial charge in [0.25, 0.3) is 0 Å². The summed E-state index contributed by atoms with van der Waals surface area (Å²) in [5.41, 5.74) is 8.61. The Labute approximate surface area is 67.3 Å². The van der Waals surface area contributed by atoms with Gasteiger partial charge in [0.15, 0.2) is 0 Å². The highest BCUT2D eigenvalue weighted by Gasteiger charge is 1.95. The second-order valence-electron chi connectivity index (χ2n) is 1.80. The molecule has 1 rings (SSSR count). The molecular weight excluding hydrogens is 160 g/mol. The first kappa shape index (κ1) is 7.61. The van der Waals surface area contributed by atoms with Crippen molar-refractivity contribution in [2.45, 2.75) is 6.54 Å². The van der Waals surface area contributed by atoms with Gasteiger partial charge in [-0.05, 0) is 11.6 Å². The Morgan fingerprint density at radius 1 is 1.82 bits per heavy atom. The Hall–Kier alpha value is -1.50. The topological polar surface area (TPSA) is 72.5 Å². The van der Waals surface area contributed by atoms with Crippen LogP contribution in [0.1, 0.15) is 10.4 Å². The molecule has 0 atom stereocenters. The van der Waals surface area contributed by atoms with E-state index in [0.717, 1.165) is 4.88 Å². The molecule has 0 aliphatic rings. The van der Waals surface area contributed by atoms with Crippen molar-refractivity contribution < 1.29 is 0 Å².